The van der Waals surface area contributed by atoms with Crippen LogP contribution < -0.4 is 11.1 Å². The zero-order valence-electron chi connectivity index (χ0n) is 17.1. The van der Waals surface area contributed by atoms with Crippen molar-refractivity contribution >= 4 is 11.8 Å². The molecule has 152 valence electrons. The summed E-state index contributed by atoms with van der Waals surface area (Å²) in [4.78, 5) is 28.2. The maximum absolute atomic E-state index is 13.4. The van der Waals surface area contributed by atoms with Gasteiger partial charge >= 0.3 is 0 Å². The van der Waals surface area contributed by atoms with E-state index in [4.69, 9.17) is 5.73 Å². The molecular formula is C24H29N3O2. The van der Waals surface area contributed by atoms with Gasteiger partial charge in [-0.05, 0) is 47.4 Å². The van der Waals surface area contributed by atoms with Crippen molar-refractivity contribution in [3.05, 3.63) is 70.8 Å². The van der Waals surface area contributed by atoms with Gasteiger partial charge in [0.25, 0.3) is 0 Å². The molecule has 2 aromatic rings. The highest BCUT2D eigenvalue weighted by Crippen LogP contribution is 2.36. The number of benzene rings is 2. The third-order valence-corrected chi connectivity index (χ3v) is 6.22. The summed E-state index contributed by atoms with van der Waals surface area (Å²) in [5.41, 5.74) is 10.6. The van der Waals surface area contributed by atoms with Crippen LogP contribution in [0.25, 0.3) is 0 Å². The van der Waals surface area contributed by atoms with Crippen molar-refractivity contribution in [1.82, 2.24) is 10.2 Å². The Morgan fingerprint density at radius 3 is 2.41 bits per heavy atom. The van der Waals surface area contributed by atoms with Crippen LogP contribution in [0, 0.1) is 5.92 Å². The van der Waals surface area contributed by atoms with E-state index in [0.29, 0.717) is 6.54 Å². The van der Waals surface area contributed by atoms with Crippen molar-refractivity contribution in [2.75, 3.05) is 0 Å². The minimum atomic E-state index is -0.627. The molecule has 1 aliphatic carbocycles. The molecule has 0 saturated carbocycles. The van der Waals surface area contributed by atoms with Crippen molar-refractivity contribution in [2.45, 2.75) is 57.8 Å². The van der Waals surface area contributed by atoms with Gasteiger partial charge in [0.1, 0.15) is 6.04 Å². The van der Waals surface area contributed by atoms with Crippen LogP contribution in [0.15, 0.2) is 48.5 Å². The van der Waals surface area contributed by atoms with Gasteiger partial charge in [-0.25, -0.2) is 0 Å². The SMILES string of the molecule is CC(C)C(N)C(=O)N1Cc2ccccc2C1C(=O)NC1CCCc2ccccc21. The number of carbonyl (C=O) groups is 2. The maximum Gasteiger partial charge on any atom is 0.247 e. The normalized spacial score (nSPS) is 21.4. The number of amides is 2. The first-order chi connectivity index (χ1) is 14.0. The molecule has 0 saturated heterocycles. The van der Waals surface area contributed by atoms with Crippen molar-refractivity contribution in [2.24, 2.45) is 11.7 Å². The first kappa shape index (κ1) is 19.6. The highest BCUT2D eigenvalue weighted by molar-refractivity contribution is 5.92. The number of nitrogens with zero attached hydrogens (tertiary/aromatic N) is 1. The molecule has 0 bridgehead atoms. The molecule has 3 N–H and O–H groups in total. The molecule has 5 nitrogen and oxygen atoms in total. The maximum atomic E-state index is 13.4. The van der Waals surface area contributed by atoms with Gasteiger partial charge in [-0.2, -0.15) is 0 Å². The van der Waals surface area contributed by atoms with E-state index in [-0.39, 0.29) is 23.8 Å². The minimum absolute atomic E-state index is 0.0140. The monoisotopic (exact) mass is 391 g/mol. The van der Waals surface area contributed by atoms with E-state index in [1.165, 1.54) is 11.1 Å². The number of nitrogens with one attached hydrogen (secondary N) is 1. The van der Waals surface area contributed by atoms with Gasteiger partial charge in [-0.15, -0.1) is 0 Å². The lowest BCUT2D eigenvalue weighted by Gasteiger charge is -2.31. The zero-order valence-corrected chi connectivity index (χ0v) is 17.1. The van der Waals surface area contributed by atoms with Crippen molar-refractivity contribution < 1.29 is 9.59 Å². The second kappa shape index (κ2) is 7.99. The molecule has 3 unspecified atom stereocenters. The Bertz CT molecular complexity index is 924. The van der Waals surface area contributed by atoms with E-state index >= 15 is 0 Å². The molecule has 0 aromatic heterocycles. The van der Waals surface area contributed by atoms with Crippen molar-refractivity contribution in [3.8, 4) is 0 Å². The molecule has 29 heavy (non-hydrogen) atoms. The highest BCUT2D eigenvalue weighted by Gasteiger charge is 2.41. The topological polar surface area (TPSA) is 75.4 Å². The van der Waals surface area contributed by atoms with E-state index in [2.05, 4.69) is 17.4 Å². The van der Waals surface area contributed by atoms with Crippen LogP contribution in [0.5, 0.6) is 0 Å². The summed E-state index contributed by atoms with van der Waals surface area (Å²) in [6, 6.07) is 14.8. The first-order valence-corrected chi connectivity index (χ1v) is 10.5. The molecule has 1 heterocycles. The van der Waals surface area contributed by atoms with Crippen LogP contribution >= 0.6 is 0 Å². The zero-order chi connectivity index (χ0) is 20.5. The molecule has 2 aliphatic rings. The fourth-order valence-corrected chi connectivity index (χ4v) is 4.51. The number of hydrogen-bond acceptors (Lipinski definition) is 3. The van der Waals surface area contributed by atoms with Crippen LogP contribution in [-0.2, 0) is 22.6 Å². The minimum Gasteiger partial charge on any atom is -0.347 e. The van der Waals surface area contributed by atoms with Crippen LogP contribution in [0.1, 0.15) is 61.0 Å². The molecule has 3 atom stereocenters. The molecule has 2 aromatic carbocycles. The molecule has 4 rings (SSSR count). The van der Waals surface area contributed by atoms with Gasteiger partial charge in [0.05, 0.1) is 12.1 Å². The van der Waals surface area contributed by atoms with E-state index in [0.717, 1.165) is 30.4 Å². The Balaban J connectivity index is 1.62. The lowest BCUT2D eigenvalue weighted by atomic mass is 9.87. The summed E-state index contributed by atoms with van der Waals surface area (Å²) >= 11 is 0. The first-order valence-electron chi connectivity index (χ1n) is 10.5. The number of aryl methyl sites for hydroxylation is 1. The molecule has 5 heteroatoms. The summed E-state index contributed by atoms with van der Waals surface area (Å²) in [7, 11) is 0. The van der Waals surface area contributed by atoms with Gasteiger partial charge < -0.3 is 16.0 Å². The van der Waals surface area contributed by atoms with E-state index in [9.17, 15) is 9.59 Å². The van der Waals surface area contributed by atoms with Crippen molar-refractivity contribution in [1.29, 1.82) is 0 Å². The smallest absolute Gasteiger partial charge is 0.247 e. The third kappa shape index (κ3) is 3.67. The van der Waals surface area contributed by atoms with Gasteiger partial charge in [-0.1, -0.05) is 62.4 Å². The Labute approximate surface area is 172 Å². The fraction of sp³-hybridized carbons (Fsp3) is 0.417. The van der Waals surface area contributed by atoms with Crippen LogP contribution in [0.3, 0.4) is 0 Å². The van der Waals surface area contributed by atoms with Gasteiger partial charge in [0, 0.05) is 6.54 Å². The lowest BCUT2D eigenvalue weighted by molar-refractivity contribution is -0.142. The number of carbonyl (C=O) groups excluding carboxylic acids is 2. The largest absolute Gasteiger partial charge is 0.347 e. The fourth-order valence-electron chi connectivity index (χ4n) is 4.51. The Kier molecular flexibility index (Phi) is 5.41. The van der Waals surface area contributed by atoms with Crippen molar-refractivity contribution in [3.63, 3.8) is 0 Å². The summed E-state index contributed by atoms with van der Waals surface area (Å²) in [6.07, 6.45) is 3.00. The van der Waals surface area contributed by atoms with Gasteiger partial charge in [0.15, 0.2) is 0 Å². The van der Waals surface area contributed by atoms with E-state index in [1.54, 1.807) is 4.90 Å². The summed E-state index contributed by atoms with van der Waals surface area (Å²) in [5, 5.41) is 3.24. The second-order valence-corrected chi connectivity index (χ2v) is 8.49. The standard InChI is InChI=1S/C24H29N3O2/c1-15(2)21(25)24(29)27-14-17-9-4-6-12-19(17)22(27)23(28)26-20-13-7-10-16-8-3-5-11-18(16)20/h3-6,8-9,11-12,15,20-22H,7,10,13-14,25H2,1-2H3,(H,26,28). The van der Waals surface area contributed by atoms with Gasteiger partial charge in [0.2, 0.25) is 11.8 Å². The summed E-state index contributed by atoms with van der Waals surface area (Å²) in [5.74, 6) is -0.276. The highest BCUT2D eigenvalue weighted by atomic mass is 16.2. The van der Waals surface area contributed by atoms with Crippen LogP contribution in [-0.4, -0.2) is 22.8 Å². The molecule has 0 fully saturated rings. The van der Waals surface area contributed by atoms with Gasteiger partial charge in [-0.3, -0.25) is 9.59 Å². The third-order valence-electron chi connectivity index (χ3n) is 6.22. The van der Waals surface area contributed by atoms with E-state index < -0.39 is 12.1 Å². The number of hydrogen-bond donors (Lipinski definition) is 2. The van der Waals surface area contributed by atoms with Crippen LogP contribution in [0.2, 0.25) is 0 Å². The predicted molar refractivity (Wildman–Crippen MR) is 113 cm³/mol. The second-order valence-electron chi connectivity index (χ2n) is 8.49. The number of nitrogens with two attached hydrogens (primary N) is 1. The average molecular weight is 392 g/mol. The number of rotatable bonds is 4. The molecule has 1 aliphatic heterocycles. The summed E-state index contributed by atoms with van der Waals surface area (Å²) < 4.78 is 0. The number of fused-ring (bicyclic) bond motifs is 2. The quantitative estimate of drug-likeness (QED) is 0.840. The molecule has 0 radical (unpaired) electrons. The molecule has 2 amide bonds. The molecular weight excluding hydrogens is 362 g/mol. The average Bonchev–Trinajstić information content (AvgIpc) is 3.12. The van der Waals surface area contributed by atoms with E-state index in [1.807, 2.05) is 50.2 Å². The lowest BCUT2D eigenvalue weighted by Crippen LogP contribution is -2.49. The summed E-state index contributed by atoms with van der Waals surface area (Å²) in [6.45, 7) is 4.29. The van der Waals surface area contributed by atoms with Crippen LogP contribution in [0.4, 0.5) is 0 Å². The molecule has 0 spiro atoms. The Hall–Kier alpha value is -2.66. The predicted octanol–water partition coefficient (Wildman–Crippen LogP) is 3.25. The Morgan fingerprint density at radius 2 is 1.69 bits per heavy atom. The Morgan fingerprint density at radius 1 is 1.03 bits per heavy atom.